The Morgan fingerprint density at radius 2 is 1.88 bits per heavy atom. The van der Waals surface area contributed by atoms with E-state index < -0.39 is 0 Å². The molecular formula is C18H29N5OS. The molecule has 1 N–H and O–H groups in total. The molecular weight excluding hydrogens is 334 g/mol. The van der Waals surface area contributed by atoms with E-state index in [-0.39, 0.29) is 5.91 Å². The number of rotatable bonds is 8. The van der Waals surface area contributed by atoms with Crippen molar-refractivity contribution >= 4 is 22.4 Å². The van der Waals surface area contributed by atoms with Gasteiger partial charge in [-0.1, -0.05) is 39.0 Å². The van der Waals surface area contributed by atoms with Crippen LogP contribution in [0.3, 0.4) is 0 Å². The third-order valence-electron chi connectivity index (χ3n) is 3.97. The molecule has 7 heteroatoms. The Labute approximate surface area is 154 Å². The molecule has 0 spiro atoms. The van der Waals surface area contributed by atoms with Gasteiger partial charge in [-0.2, -0.15) is 5.10 Å². The van der Waals surface area contributed by atoms with Crippen molar-refractivity contribution in [2.24, 2.45) is 11.8 Å². The van der Waals surface area contributed by atoms with Crippen LogP contribution in [0, 0.1) is 25.7 Å². The number of hydrogen-bond donors (Lipinski definition) is 1. The molecule has 2 rings (SSSR count). The second-order valence-corrected chi connectivity index (χ2v) is 8.43. The van der Waals surface area contributed by atoms with Crippen molar-refractivity contribution in [2.45, 2.75) is 67.3 Å². The van der Waals surface area contributed by atoms with E-state index in [2.05, 4.69) is 59.9 Å². The SMILES string of the molecule is Cc1nn(CC(C)C)c(C)c1CCC(=O)Nc1nnc(CC(C)C)s1. The molecule has 0 aromatic carbocycles. The van der Waals surface area contributed by atoms with E-state index in [9.17, 15) is 4.79 Å². The molecule has 0 bridgehead atoms. The van der Waals surface area contributed by atoms with Gasteiger partial charge in [-0.25, -0.2) is 0 Å². The van der Waals surface area contributed by atoms with Gasteiger partial charge in [0.05, 0.1) is 5.69 Å². The minimum atomic E-state index is -0.0253. The normalized spacial score (nSPS) is 11.5. The fourth-order valence-electron chi connectivity index (χ4n) is 2.78. The highest BCUT2D eigenvalue weighted by atomic mass is 32.1. The van der Waals surface area contributed by atoms with Crippen LogP contribution in [-0.4, -0.2) is 25.9 Å². The molecule has 0 saturated heterocycles. The first kappa shape index (κ1) is 19.6. The van der Waals surface area contributed by atoms with E-state index >= 15 is 0 Å². The average molecular weight is 364 g/mol. The lowest BCUT2D eigenvalue weighted by Crippen LogP contribution is -2.13. The lowest BCUT2D eigenvalue weighted by Gasteiger charge is -2.08. The van der Waals surface area contributed by atoms with E-state index in [4.69, 9.17) is 0 Å². The standard InChI is InChI=1S/C18H29N5OS/c1-11(2)9-17-20-21-18(25-17)19-16(24)8-7-15-13(5)22-23(14(15)6)10-12(3)4/h11-12H,7-10H2,1-6H3,(H,19,21,24). The van der Waals surface area contributed by atoms with Crippen LogP contribution < -0.4 is 5.32 Å². The summed E-state index contributed by atoms with van der Waals surface area (Å²) in [4.78, 5) is 12.2. The second-order valence-electron chi connectivity index (χ2n) is 7.37. The van der Waals surface area contributed by atoms with Crippen LogP contribution in [-0.2, 0) is 24.2 Å². The highest BCUT2D eigenvalue weighted by molar-refractivity contribution is 7.15. The fourth-order valence-corrected chi connectivity index (χ4v) is 3.74. The summed E-state index contributed by atoms with van der Waals surface area (Å²) < 4.78 is 2.05. The number of amides is 1. The highest BCUT2D eigenvalue weighted by Crippen LogP contribution is 2.20. The molecule has 138 valence electrons. The van der Waals surface area contributed by atoms with Crippen molar-refractivity contribution in [1.82, 2.24) is 20.0 Å². The summed E-state index contributed by atoms with van der Waals surface area (Å²) in [6.45, 7) is 13.6. The molecule has 0 radical (unpaired) electrons. The predicted octanol–water partition coefficient (Wildman–Crippen LogP) is 3.78. The van der Waals surface area contributed by atoms with E-state index in [1.165, 1.54) is 16.9 Å². The largest absolute Gasteiger partial charge is 0.301 e. The van der Waals surface area contributed by atoms with Crippen molar-refractivity contribution in [3.63, 3.8) is 0 Å². The van der Waals surface area contributed by atoms with Gasteiger partial charge in [0.15, 0.2) is 0 Å². The van der Waals surface area contributed by atoms with Gasteiger partial charge in [0.2, 0.25) is 11.0 Å². The van der Waals surface area contributed by atoms with Crippen LogP contribution in [0.4, 0.5) is 5.13 Å². The zero-order valence-electron chi connectivity index (χ0n) is 16.1. The van der Waals surface area contributed by atoms with Crippen LogP contribution in [0.1, 0.15) is 56.1 Å². The van der Waals surface area contributed by atoms with Crippen molar-refractivity contribution < 1.29 is 4.79 Å². The van der Waals surface area contributed by atoms with Crippen LogP contribution in [0.25, 0.3) is 0 Å². The zero-order chi connectivity index (χ0) is 18.6. The van der Waals surface area contributed by atoms with Gasteiger partial charge in [0.25, 0.3) is 0 Å². The van der Waals surface area contributed by atoms with Crippen molar-refractivity contribution in [1.29, 1.82) is 0 Å². The molecule has 0 aliphatic heterocycles. The van der Waals surface area contributed by atoms with Gasteiger partial charge in [0.1, 0.15) is 5.01 Å². The molecule has 0 aliphatic rings. The summed E-state index contributed by atoms with van der Waals surface area (Å²) in [5.41, 5.74) is 3.35. The minimum absolute atomic E-state index is 0.0253. The molecule has 0 atom stereocenters. The van der Waals surface area contributed by atoms with Crippen LogP contribution in [0.15, 0.2) is 0 Å². The number of carbonyl (C=O) groups excluding carboxylic acids is 1. The molecule has 1 amide bonds. The van der Waals surface area contributed by atoms with Crippen molar-refractivity contribution in [3.8, 4) is 0 Å². The Morgan fingerprint density at radius 3 is 2.52 bits per heavy atom. The van der Waals surface area contributed by atoms with Crippen LogP contribution in [0.2, 0.25) is 0 Å². The molecule has 2 aromatic heterocycles. The molecule has 6 nitrogen and oxygen atoms in total. The van der Waals surface area contributed by atoms with Gasteiger partial charge in [-0.05, 0) is 37.7 Å². The number of carbonyl (C=O) groups is 1. The fraction of sp³-hybridized carbons (Fsp3) is 0.667. The summed E-state index contributed by atoms with van der Waals surface area (Å²) >= 11 is 1.46. The Hall–Kier alpha value is -1.76. The predicted molar refractivity (Wildman–Crippen MR) is 102 cm³/mol. The smallest absolute Gasteiger partial charge is 0.226 e. The van der Waals surface area contributed by atoms with Crippen LogP contribution >= 0.6 is 11.3 Å². The van der Waals surface area contributed by atoms with Crippen molar-refractivity contribution in [3.05, 3.63) is 22.0 Å². The minimum Gasteiger partial charge on any atom is -0.301 e. The Morgan fingerprint density at radius 1 is 1.16 bits per heavy atom. The number of anilines is 1. The third-order valence-corrected chi connectivity index (χ3v) is 4.83. The Kier molecular flexibility index (Phi) is 6.70. The topological polar surface area (TPSA) is 72.7 Å². The second kappa shape index (κ2) is 8.56. The summed E-state index contributed by atoms with van der Waals surface area (Å²) in [6, 6.07) is 0. The molecule has 0 fully saturated rings. The first-order chi connectivity index (χ1) is 11.8. The van der Waals surface area contributed by atoms with Gasteiger partial charge < -0.3 is 5.32 Å². The van der Waals surface area contributed by atoms with Gasteiger partial charge in [-0.3, -0.25) is 9.48 Å². The molecule has 0 unspecified atom stereocenters. The molecule has 2 aromatic rings. The lowest BCUT2D eigenvalue weighted by molar-refractivity contribution is -0.116. The number of nitrogens with zero attached hydrogens (tertiary/aromatic N) is 4. The first-order valence-electron chi connectivity index (χ1n) is 8.91. The summed E-state index contributed by atoms with van der Waals surface area (Å²) in [6.07, 6.45) is 2.01. The zero-order valence-corrected chi connectivity index (χ0v) is 16.9. The van der Waals surface area contributed by atoms with E-state index in [1.807, 2.05) is 6.92 Å². The van der Waals surface area contributed by atoms with E-state index in [0.717, 1.165) is 29.4 Å². The van der Waals surface area contributed by atoms with E-state index in [1.54, 1.807) is 0 Å². The number of aryl methyl sites for hydroxylation is 1. The van der Waals surface area contributed by atoms with Gasteiger partial charge in [0, 0.05) is 25.1 Å². The third kappa shape index (κ3) is 5.63. The summed E-state index contributed by atoms with van der Waals surface area (Å²) in [7, 11) is 0. The maximum absolute atomic E-state index is 12.2. The maximum atomic E-state index is 12.2. The Balaban J connectivity index is 1.92. The molecule has 2 heterocycles. The highest BCUT2D eigenvalue weighted by Gasteiger charge is 2.15. The monoisotopic (exact) mass is 363 g/mol. The van der Waals surface area contributed by atoms with Gasteiger partial charge in [-0.15, -0.1) is 10.2 Å². The molecule has 0 aliphatic carbocycles. The molecule has 25 heavy (non-hydrogen) atoms. The average Bonchev–Trinajstić information content (AvgIpc) is 3.01. The summed E-state index contributed by atoms with van der Waals surface area (Å²) in [5, 5.41) is 17.2. The van der Waals surface area contributed by atoms with Gasteiger partial charge >= 0.3 is 0 Å². The maximum Gasteiger partial charge on any atom is 0.226 e. The van der Waals surface area contributed by atoms with Crippen molar-refractivity contribution in [2.75, 3.05) is 5.32 Å². The number of hydrogen-bond acceptors (Lipinski definition) is 5. The number of nitrogens with one attached hydrogen (secondary N) is 1. The first-order valence-corrected chi connectivity index (χ1v) is 9.73. The Bertz CT molecular complexity index is 717. The number of aromatic nitrogens is 4. The van der Waals surface area contributed by atoms with E-state index in [0.29, 0.717) is 29.8 Å². The van der Waals surface area contributed by atoms with Crippen LogP contribution in [0.5, 0.6) is 0 Å². The quantitative estimate of drug-likeness (QED) is 0.775. The lowest BCUT2D eigenvalue weighted by atomic mass is 10.1. The summed E-state index contributed by atoms with van der Waals surface area (Å²) in [5.74, 6) is 1.05. The molecule has 0 saturated carbocycles.